The maximum Gasteiger partial charge on any atom is 0.332 e. The topological polar surface area (TPSA) is 72.7 Å². The molecule has 0 aliphatic heterocycles. The van der Waals surface area contributed by atoms with Gasteiger partial charge in [-0.3, -0.25) is 13.9 Å². The highest BCUT2D eigenvalue weighted by molar-refractivity contribution is 7.13. The molecule has 0 spiro atoms. The summed E-state index contributed by atoms with van der Waals surface area (Å²) in [5.74, 6) is 0.622. The normalized spacial score (nSPS) is 11.3. The average molecular weight is 290 g/mol. The Morgan fingerprint density at radius 2 is 2.20 bits per heavy atom. The number of aromatic nitrogens is 4. The van der Waals surface area contributed by atoms with Gasteiger partial charge in [0.25, 0.3) is 5.56 Å². The van der Waals surface area contributed by atoms with Crippen LogP contribution in [0.4, 0.5) is 0 Å². The van der Waals surface area contributed by atoms with E-state index < -0.39 is 0 Å². The van der Waals surface area contributed by atoms with E-state index in [-0.39, 0.29) is 11.2 Å². The van der Waals surface area contributed by atoms with Gasteiger partial charge in [-0.15, -0.1) is 11.3 Å². The molecular formula is C13H14N4O2S. The zero-order valence-electron chi connectivity index (χ0n) is 11.2. The molecule has 0 aromatic carbocycles. The largest absolute Gasteiger partial charge is 0.332 e. The zero-order chi connectivity index (χ0) is 14.3. The summed E-state index contributed by atoms with van der Waals surface area (Å²) >= 11 is 1.53. The van der Waals surface area contributed by atoms with E-state index in [0.717, 1.165) is 11.3 Å². The van der Waals surface area contributed by atoms with Crippen molar-refractivity contribution in [1.82, 2.24) is 19.1 Å². The van der Waals surface area contributed by atoms with E-state index in [9.17, 15) is 9.59 Å². The van der Waals surface area contributed by atoms with Crippen molar-refractivity contribution in [2.45, 2.75) is 19.9 Å². The molecule has 3 aromatic rings. The molecule has 7 heteroatoms. The van der Waals surface area contributed by atoms with Gasteiger partial charge in [0.15, 0.2) is 11.5 Å². The summed E-state index contributed by atoms with van der Waals surface area (Å²) < 4.78 is 2.67. The number of H-pyrrole nitrogens is 1. The van der Waals surface area contributed by atoms with Gasteiger partial charge in [-0.05, 0) is 17.9 Å². The molecule has 0 fully saturated rings. The molecule has 3 rings (SSSR count). The molecule has 6 nitrogen and oxygen atoms in total. The molecule has 0 radical (unpaired) electrons. The van der Waals surface area contributed by atoms with Crippen LogP contribution < -0.4 is 11.2 Å². The molecule has 3 aromatic heterocycles. The molecule has 0 saturated carbocycles. The smallest absolute Gasteiger partial charge is 0.331 e. The fourth-order valence-corrected chi connectivity index (χ4v) is 2.87. The van der Waals surface area contributed by atoms with Crippen LogP contribution >= 0.6 is 11.3 Å². The Balaban J connectivity index is 2.34. The van der Waals surface area contributed by atoms with Crippen molar-refractivity contribution in [2.75, 3.05) is 0 Å². The van der Waals surface area contributed by atoms with Crippen LogP contribution in [0, 0.1) is 0 Å². The van der Waals surface area contributed by atoms with Crippen LogP contribution in [-0.4, -0.2) is 19.1 Å². The number of nitrogens with one attached hydrogen (secondary N) is 1. The van der Waals surface area contributed by atoms with E-state index in [1.54, 1.807) is 7.05 Å². The van der Waals surface area contributed by atoms with E-state index in [2.05, 4.69) is 9.97 Å². The lowest BCUT2D eigenvalue weighted by atomic mass is 10.4. The van der Waals surface area contributed by atoms with Crippen molar-refractivity contribution in [1.29, 1.82) is 0 Å². The van der Waals surface area contributed by atoms with Gasteiger partial charge >= 0.3 is 5.69 Å². The second-order valence-electron chi connectivity index (χ2n) is 4.56. The van der Waals surface area contributed by atoms with Crippen LogP contribution in [0.1, 0.15) is 13.3 Å². The molecule has 20 heavy (non-hydrogen) atoms. The fraction of sp³-hybridized carbons (Fsp3) is 0.308. The van der Waals surface area contributed by atoms with Gasteiger partial charge in [0.05, 0.1) is 4.88 Å². The number of hydrogen-bond acceptors (Lipinski definition) is 4. The molecule has 1 N–H and O–H groups in total. The molecule has 0 saturated heterocycles. The average Bonchev–Trinajstić information content (AvgIpc) is 3.09. The minimum absolute atomic E-state index is 0.305. The van der Waals surface area contributed by atoms with Crippen molar-refractivity contribution in [3.8, 4) is 10.7 Å². The Bertz CT molecular complexity index is 870. The monoisotopic (exact) mass is 290 g/mol. The number of aromatic amines is 1. The molecule has 104 valence electrons. The number of fused-ring (bicyclic) bond motifs is 1. The van der Waals surface area contributed by atoms with Gasteiger partial charge in [0.2, 0.25) is 0 Å². The minimum Gasteiger partial charge on any atom is -0.331 e. The molecule has 0 aliphatic carbocycles. The predicted octanol–water partition coefficient (Wildman–Crippen LogP) is 1.56. The van der Waals surface area contributed by atoms with Crippen LogP contribution in [0.15, 0.2) is 27.1 Å². The second kappa shape index (κ2) is 4.75. The van der Waals surface area contributed by atoms with E-state index in [4.69, 9.17) is 0 Å². The van der Waals surface area contributed by atoms with Crippen molar-refractivity contribution in [3.05, 3.63) is 38.4 Å². The zero-order valence-corrected chi connectivity index (χ0v) is 12.0. The fourth-order valence-electron chi connectivity index (χ4n) is 2.20. The quantitative estimate of drug-likeness (QED) is 0.795. The molecular weight excluding hydrogens is 276 g/mol. The maximum absolute atomic E-state index is 12.4. The summed E-state index contributed by atoms with van der Waals surface area (Å²) in [6, 6.07) is 3.84. The van der Waals surface area contributed by atoms with Crippen LogP contribution in [-0.2, 0) is 13.6 Å². The molecule has 0 unspecified atom stereocenters. The third-order valence-electron chi connectivity index (χ3n) is 3.18. The van der Waals surface area contributed by atoms with Crippen LogP contribution in [0.5, 0.6) is 0 Å². The maximum atomic E-state index is 12.4. The van der Waals surface area contributed by atoms with Gasteiger partial charge in [-0.25, -0.2) is 9.78 Å². The van der Waals surface area contributed by atoms with Crippen LogP contribution in [0.25, 0.3) is 21.9 Å². The van der Waals surface area contributed by atoms with Gasteiger partial charge < -0.3 is 4.98 Å². The Morgan fingerprint density at radius 1 is 1.40 bits per heavy atom. The van der Waals surface area contributed by atoms with E-state index in [1.807, 2.05) is 24.4 Å². The first-order valence-electron chi connectivity index (χ1n) is 6.37. The molecule has 0 aliphatic rings. The highest BCUT2D eigenvalue weighted by atomic mass is 32.1. The van der Waals surface area contributed by atoms with Gasteiger partial charge in [-0.1, -0.05) is 13.0 Å². The lowest BCUT2D eigenvalue weighted by Gasteiger charge is -2.05. The van der Waals surface area contributed by atoms with Crippen LogP contribution in [0.2, 0.25) is 0 Å². The summed E-state index contributed by atoms with van der Waals surface area (Å²) in [5.41, 5.74) is 0.147. The summed E-state index contributed by atoms with van der Waals surface area (Å²) in [6.45, 7) is 2.34. The summed E-state index contributed by atoms with van der Waals surface area (Å²) in [4.78, 5) is 32.9. The standard InChI is InChI=1S/C13H14N4O2S/c1-3-6-17-12(18)9-11(16(2)13(17)19)15-10(14-9)8-5-4-7-20-8/h4-5,7H,3,6H2,1-2H3,(H,14,15). The number of thiophene rings is 1. The highest BCUT2D eigenvalue weighted by Gasteiger charge is 2.15. The number of nitrogens with zero attached hydrogens (tertiary/aromatic N) is 3. The lowest BCUT2D eigenvalue weighted by Crippen LogP contribution is -2.39. The predicted molar refractivity (Wildman–Crippen MR) is 79.2 cm³/mol. The SMILES string of the molecule is CCCn1c(=O)c2[nH]c(-c3cccs3)nc2n(C)c1=O. The van der Waals surface area contributed by atoms with Crippen molar-refractivity contribution >= 4 is 22.5 Å². The summed E-state index contributed by atoms with van der Waals surface area (Å²) in [5, 5.41) is 1.94. The lowest BCUT2D eigenvalue weighted by molar-refractivity contribution is 0.593. The number of rotatable bonds is 3. The Labute approximate surface area is 118 Å². The minimum atomic E-state index is -0.325. The molecule has 0 bridgehead atoms. The Morgan fingerprint density at radius 3 is 2.85 bits per heavy atom. The van der Waals surface area contributed by atoms with Crippen molar-refractivity contribution < 1.29 is 0 Å². The first-order valence-corrected chi connectivity index (χ1v) is 7.25. The first-order chi connectivity index (χ1) is 9.63. The van der Waals surface area contributed by atoms with Gasteiger partial charge in [0.1, 0.15) is 5.52 Å². The van der Waals surface area contributed by atoms with E-state index in [1.165, 1.54) is 20.5 Å². The van der Waals surface area contributed by atoms with E-state index >= 15 is 0 Å². The second-order valence-corrected chi connectivity index (χ2v) is 5.51. The van der Waals surface area contributed by atoms with Gasteiger partial charge in [-0.2, -0.15) is 0 Å². The third kappa shape index (κ3) is 1.82. The molecule has 0 atom stereocenters. The Kier molecular flexibility index (Phi) is 3.06. The third-order valence-corrected chi connectivity index (χ3v) is 4.06. The summed E-state index contributed by atoms with van der Waals surface area (Å²) in [7, 11) is 1.63. The van der Waals surface area contributed by atoms with Crippen molar-refractivity contribution in [2.24, 2.45) is 7.05 Å². The van der Waals surface area contributed by atoms with Crippen molar-refractivity contribution in [3.63, 3.8) is 0 Å². The number of aryl methyl sites for hydroxylation is 1. The Hall–Kier alpha value is -2.15. The molecule has 0 amide bonds. The highest BCUT2D eigenvalue weighted by Crippen LogP contribution is 2.22. The number of imidazole rings is 1. The summed E-state index contributed by atoms with van der Waals surface area (Å²) in [6.07, 6.45) is 0.729. The van der Waals surface area contributed by atoms with Crippen LogP contribution in [0.3, 0.4) is 0 Å². The first kappa shape index (κ1) is 12.9. The van der Waals surface area contributed by atoms with Gasteiger partial charge in [0, 0.05) is 13.6 Å². The van der Waals surface area contributed by atoms with E-state index in [0.29, 0.717) is 23.5 Å². The number of hydrogen-bond donors (Lipinski definition) is 1. The molecule has 3 heterocycles.